The largest absolute Gasteiger partial charge is 0.347 e. The number of nitrogens with zero attached hydrogens (tertiary/aromatic N) is 2. The van der Waals surface area contributed by atoms with Crippen LogP contribution in [-0.4, -0.2) is 15.9 Å². The van der Waals surface area contributed by atoms with Gasteiger partial charge in [-0.2, -0.15) is 0 Å². The zero-order valence-corrected chi connectivity index (χ0v) is 5.82. The summed E-state index contributed by atoms with van der Waals surface area (Å²) in [5, 5.41) is 2.73. The highest BCUT2D eigenvalue weighted by Crippen LogP contribution is 2.20. The number of amides is 1. The molecule has 1 unspecified atom stereocenters. The van der Waals surface area contributed by atoms with Gasteiger partial charge in [-0.25, -0.2) is 9.97 Å². The van der Waals surface area contributed by atoms with Crippen molar-refractivity contribution in [1.82, 2.24) is 15.3 Å². The van der Waals surface area contributed by atoms with Gasteiger partial charge in [0.05, 0.1) is 18.2 Å². The summed E-state index contributed by atoms with van der Waals surface area (Å²) >= 11 is 0. The summed E-state index contributed by atoms with van der Waals surface area (Å²) < 4.78 is 0. The molecule has 1 N–H and O–H groups in total. The van der Waals surface area contributed by atoms with Crippen LogP contribution in [0.5, 0.6) is 0 Å². The molecule has 4 nitrogen and oxygen atoms in total. The molecule has 11 heavy (non-hydrogen) atoms. The second kappa shape index (κ2) is 2.30. The molecular formula is C7H7N3O. The SMILES string of the molecule is O=C1CC(c2ccncn2)N1. The summed E-state index contributed by atoms with van der Waals surface area (Å²) in [4.78, 5) is 18.3. The monoisotopic (exact) mass is 149 g/mol. The Hall–Kier alpha value is -1.45. The standard InChI is InChI=1S/C7H7N3O/c11-7-3-6(10-7)5-1-2-8-4-9-5/h1-2,4,6H,3H2,(H,10,11). The molecule has 1 saturated heterocycles. The van der Waals surface area contributed by atoms with Crippen LogP contribution in [0.2, 0.25) is 0 Å². The van der Waals surface area contributed by atoms with Crippen LogP contribution in [0, 0.1) is 0 Å². The Labute approximate surface area is 63.7 Å². The van der Waals surface area contributed by atoms with Gasteiger partial charge in [-0.1, -0.05) is 0 Å². The van der Waals surface area contributed by atoms with Crippen molar-refractivity contribution in [3.8, 4) is 0 Å². The number of aromatic nitrogens is 2. The summed E-state index contributed by atoms with van der Waals surface area (Å²) in [6.07, 6.45) is 3.71. The maximum Gasteiger partial charge on any atom is 0.223 e. The molecule has 56 valence electrons. The Balaban J connectivity index is 2.13. The third kappa shape index (κ3) is 1.07. The van der Waals surface area contributed by atoms with Crippen molar-refractivity contribution in [3.63, 3.8) is 0 Å². The first-order valence-corrected chi connectivity index (χ1v) is 3.41. The number of hydrogen-bond donors (Lipinski definition) is 1. The maximum absolute atomic E-state index is 10.5. The van der Waals surface area contributed by atoms with Crippen LogP contribution in [0.3, 0.4) is 0 Å². The molecule has 1 fully saturated rings. The maximum atomic E-state index is 10.5. The molecular weight excluding hydrogens is 142 g/mol. The number of nitrogens with one attached hydrogen (secondary N) is 1. The number of carbonyl (C=O) groups excluding carboxylic acids is 1. The first-order valence-electron chi connectivity index (χ1n) is 3.41. The highest BCUT2D eigenvalue weighted by Gasteiger charge is 2.27. The molecule has 2 heterocycles. The fourth-order valence-electron chi connectivity index (χ4n) is 1.04. The predicted molar refractivity (Wildman–Crippen MR) is 37.5 cm³/mol. The van der Waals surface area contributed by atoms with E-state index in [1.54, 1.807) is 6.20 Å². The average molecular weight is 149 g/mol. The Morgan fingerprint density at radius 3 is 3.00 bits per heavy atom. The zero-order valence-electron chi connectivity index (χ0n) is 5.82. The molecule has 0 bridgehead atoms. The molecule has 1 amide bonds. The molecule has 0 radical (unpaired) electrons. The zero-order chi connectivity index (χ0) is 7.68. The van der Waals surface area contributed by atoms with Crippen LogP contribution in [0.25, 0.3) is 0 Å². The van der Waals surface area contributed by atoms with Crippen molar-refractivity contribution >= 4 is 5.91 Å². The Bertz CT molecular complexity index is 264. The van der Waals surface area contributed by atoms with E-state index < -0.39 is 0 Å². The minimum Gasteiger partial charge on any atom is -0.347 e. The minimum absolute atomic E-state index is 0.0913. The normalized spacial score (nSPS) is 22.2. The number of β-lactam (4-membered cyclic amide) rings is 1. The summed E-state index contributed by atoms with van der Waals surface area (Å²) in [6.45, 7) is 0. The van der Waals surface area contributed by atoms with E-state index in [9.17, 15) is 4.79 Å². The Morgan fingerprint density at radius 2 is 2.45 bits per heavy atom. The van der Waals surface area contributed by atoms with Gasteiger partial charge in [-0.05, 0) is 6.07 Å². The van der Waals surface area contributed by atoms with Crippen molar-refractivity contribution in [2.45, 2.75) is 12.5 Å². The van der Waals surface area contributed by atoms with Gasteiger partial charge in [0, 0.05) is 6.20 Å². The first-order chi connectivity index (χ1) is 5.36. The highest BCUT2D eigenvalue weighted by molar-refractivity contribution is 5.83. The predicted octanol–water partition coefficient (Wildman–Crippen LogP) is 0.0376. The second-order valence-electron chi connectivity index (χ2n) is 2.46. The molecule has 1 aromatic rings. The summed E-state index contributed by atoms with van der Waals surface area (Å²) in [5.74, 6) is 0.0913. The van der Waals surface area contributed by atoms with Crippen LogP contribution in [0.1, 0.15) is 18.2 Å². The first kappa shape index (κ1) is 6.27. The van der Waals surface area contributed by atoms with E-state index in [0.29, 0.717) is 6.42 Å². The quantitative estimate of drug-likeness (QED) is 0.573. The molecule has 0 saturated carbocycles. The van der Waals surface area contributed by atoms with E-state index in [1.807, 2.05) is 6.07 Å². The molecule has 2 rings (SSSR count). The van der Waals surface area contributed by atoms with E-state index in [-0.39, 0.29) is 11.9 Å². The fraction of sp³-hybridized carbons (Fsp3) is 0.286. The van der Waals surface area contributed by atoms with Crippen LogP contribution in [0.4, 0.5) is 0 Å². The van der Waals surface area contributed by atoms with E-state index in [2.05, 4.69) is 15.3 Å². The van der Waals surface area contributed by atoms with Crippen LogP contribution in [0.15, 0.2) is 18.6 Å². The molecule has 0 spiro atoms. The van der Waals surface area contributed by atoms with Crippen molar-refractivity contribution in [3.05, 3.63) is 24.3 Å². The molecule has 1 aliphatic rings. The Kier molecular flexibility index (Phi) is 1.31. The lowest BCUT2D eigenvalue weighted by Gasteiger charge is -2.25. The van der Waals surface area contributed by atoms with Gasteiger partial charge in [0.15, 0.2) is 0 Å². The number of carbonyl (C=O) groups is 1. The summed E-state index contributed by atoms with van der Waals surface area (Å²) in [5.41, 5.74) is 0.889. The smallest absolute Gasteiger partial charge is 0.223 e. The second-order valence-corrected chi connectivity index (χ2v) is 2.46. The van der Waals surface area contributed by atoms with Crippen molar-refractivity contribution in [2.24, 2.45) is 0 Å². The van der Waals surface area contributed by atoms with Crippen molar-refractivity contribution < 1.29 is 4.79 Å². The number of hydrogen-bond acceptors (Lipinski definition) is 3. The fourth-order valence-corrected chi connectivity index (χ4v) is 1.04. The topological polar surface area (TPSA) is 54.9 Å². The van der Waals surface area contributed by atoms with Gasteiger partial charge < -0.3 is 5.32 Å². The summed E-state index contributed by atoms with van der Waals surface area (Å²) in [6, 6.07) is 1.93. The van der Waals surface area contributed by atoms with Gasteiger partial charge in [0.2, 0.25) is 5.91 Å². The van der Waals surface area contributed by atoms with E-state index in [0.717, 1.165) is 5.69 Å². The molecule has 0 aromatic carbocycles. The molecule has 1 aliphatic heterocycles. The minimum atomic E-state index is 0.0913. The van der Waals surface area contributed by atoms with Crippen LogP contribution in [-0.2, 0) is 4.79 Å². The van der Waals surface area contributed by atoms with Crippen molar-refractivity contribution in [2.75, 3.05) is 0 Å². The molecule has 1 atom stereocenters. The molecule has 1 aromatic heterocycles. The molecule has 4 heteroatoms. The highest BCUT2D eigenvalue weighted by atomic mass is 16.2. The van der Waals surface area contributed by atoms with Crippen molar-refractivity contribution in [1.29, 1.82) is 0 Å². The van der Waals surface area contributed by atoms with Gasteiger partial charge in [0.1, 0.15) is 6.33 Å². The van der Waals surface area contributed by atoms with Gasteiger partial charge in [-0.15, -0.1) is 0 Å². The van der Waals surface area contributed by atoms with Gasteiger partial charge in [-0.3, -0.25) is 4.79 Å². The van der Waals surface area contributed by atoms with Crippen LogP contribution >= 0.6 is 0 Å². The van der Waals surface area contributed by atoms with E-state index in [1.165, 1.54) is 6.33 Å². The van der Waals surface area contributed by atoms with Gasteiger partial charge >= 0.3 is 0 Å². The number of rotatable bonds is 1. The summed E-state index contributed by atoms with van der Waals surface area (Å²) in [7, 11) is 0. The average Bonchev–Trinajstić information content (AvgIpc) is 2.01. The lowest BCUT2D eigenvalue weighted by molar-refractivity contribution is -0.128. The third-order valence-corrected chi connectivity index (χ3v) is 1.69. The lowest BCUT2D eigenvalue weighted by atomic mass is 10.0. The van der Waals surface area contributed by atoms with E-state index >= 15 is 0 Å². The lowest BCUT2D eigenvalue weighted by Crippen LogP contribution is -2.41. The molecule has 0 aliphatic carbocycles. The Morgan fingerprint density at radius 1 is 1.64 bits per heavy atom. The van der Waals surface area contributed by atoms with Gasteiger partial charge in [0.25, 0.3) is 0 Å². The van der Waals surface area contributed by atoms with E-state index in [4.69, 9.17) is 0 Å². The van der Waals surface area contributed by atoms with Crippen LogP contribution < -0.4 is 5.32 Å². The third-order valence-electron chi connectivity index (χ3n) is 1.69.